The fourth-order valence-electron chi connectivity index (χ4n) is 1.89. The van der Waals surface area contributed by atoms with Crippen molar-refractivity contribution in [2.45, 2.75) is 20.8 Å². The summed E-state index contributed by atoms with van der Waals surface area (Å²) < 4.78 is 0.729. The van der Waals surface area contributed by atoms with Crippen molar-refractivity contribution in [3.8, 4) is 0 Å². The molecule has 18 heavy (non-hydrogen) atoms. The number of carbonyl (C=O) groups excluding carboxylic acids is 1. The second-order valence-corrected chi connectivity index (χ2v) is 5.27. The van der Waals surface area contributed by atoms with E-state index in [4.69, 9.17) is 0 Å². The third-order valence-corrected chi connectivity index (χ3v) is 3.70. The number of aromatic nitrogens is 1. The molecule has 1 aromatic carbocycles. The molecule has 1 heterocycles. The van der Waals surface area contributed by atoms with E-state index in [0.717, 1.165) is 21.2 Å². The Morgan fingerprint density at radius 3 is 2.44 bits per heavy atom. The number of rotatable bonds is 2. The fraction of sp³-hybridized carbons (Fsp3) is 0.200. The Kier molecular flexibility index (Phi) is 3.62. The Hall–Kier alpha value is -1.48. The maximum Gasteiger partial charge on any atom is 0.212 e. The molecule has 0 bridgehead atoms. The van der Waals surface area contributed by atoms with Crippen LogP contribution in [0, 0.1) is 20.8 Å². The zero-order valence-corrected chi connectivity index (χ0v) is 12.2. The van der Waals surface area contributed by atoms with Crippen molar-refractivity contribution < 1.29 is 4.79 Å². The van der Waals surface area contributed by atoms with Gasteiger partial charge < -0.3 is 0 Å². The average molecular weight is 304 g/mol. The lowest BCUT2D eigenvalue weighted by atomic mass is 9.97. The molecule has 2 rings (SSSR count). The van der Waals surface area contributed by atoms with E-state index in [1.807, 2.05) is 39.0 Å². The summed E-state index contributed by atoms with van der Waals surface area (Å²) in [7, 11) is 0. The molecule has 0 aliphatic carbocycles. The van der Waals surface area contributed by atoms with Crippen LogP contribution in [0.1, 0.15) is 32.7 Å². The van der Waals surface area contributed by atoms with Crippen LogP contribution in [-0.4, -0.2) is 10.8 Å². The van der Waals surface area contributed by atoms with Crippen molar-refractivity contribution in [3.05, 3.63) is 62.9 Å². The van der Waals surface area contributed by atoms with Gasteiger partial charge in [-0.3, -0.25) is 9.78 Å². The number of pyridine rings is 1. The van der Waals surface area contributed by atoms with Gasteiger partial charge in [-0.25, -0.2) is 0 Å². The molecule has 0 saturated heterocycles. The zero-order chi connectivity index (χ0) is 13.3. The highest BCUT2D eigenvalue weighted by Crippen LogP contribution is 2.21. The first kappa shape index (κ1) is 13.0. The van der Waals surface area contributed by atoms with Crippen LogP contribution in [0.2, 0.25) is 0 Å². The van der Waals surface area contributed by atoms with Gasteiger partial charge in [0.05, 0.1) is 0 Å². The van der Waals surface area contributed by atoms with E-state index in [2.05, 4.69) is 20.9 Å². The lowest BCUT2D eigenvalue weighted by molar-refractivity contribution is 0.103. The van der Waals surface area contributed by atoms with E-state index in [0.29, 0.717) is 5.69 Å². The minimum atomic E-state index is -0.0388. The van der Waals surface area contributed by atoms with Gasteiger partial charge in [0.2, 0.25) is 5.78 Å². The number of aryl methyl sites for hydroxylation is 3. The monoisotopic (exact) mass is 303 g/mol. The summed E-state index contributed by atoms with van der Waals surface area (Å²) in [5.74, 6) is -0.0388. The predicted octanol–water partition coefficient (Wildman–Crippen LogP) is 4.00. The van der Waals surface area contributed by atoms with Crippen LogP contribution in [0.15, 0.2) is 34.9 Å². The van der Waals surface area contributed by atoms with Crippen molar-refractivity contribution in [2.75, 3.05) is 0 Å². The first-order chi connectivity index (χ1) is 8.50. The highest BCUT2D eigenvalue weighted by molar-refractivity contribution is 9.10. The number of benzene rings is 1. The van der Waals surface area contributed by atoms with Gasteiger partial charge in [-0.1, -0.05) is 6.07 Å². The second kappa shape index (κ2) is 5.02. The maximum atomic E-state index is 12.5. The smallest absolute Gasteiger partial charge is 0.212 e. The highest BCUT2D eigenvalue weighted by atomic mass is 79.9. The van der Waals surface area contributed by atoms with Crippen molar-refractivity contribution >= 4 is 21.7 Å². The number of hydrogen-bond donors (Lipinski definition) is 0. The Morgan fingerprint density at radius 1 is 1.11 bits per heavy atom. The molecule has 0 atom stereocenters. The summed E-state index contributed by atoms with van der Waals surface area (Å²) in [5, 5.41) is 0. The van der Waals surface area contributed by atoms with Gasteiger partial charge in [0.25, 0.3) is 0 Å². The standard InChI is InChI=1S/C15H14BrNO/c1-9-7-11(3)12(8-10(9)2)15(18)14-13(16)5-4-6-17-14/h4-8H,1-3H3. The van der Waals surface area contributed by atoms with Gasteiger partial charge in [0.15, 0.2) is 0 Å². The Bertz CT molecular complexity index is 620. The number of nitrogens with zero attached hydrogens (tertiary/aromatic N) is 1. The molecule has 0 spiro atoms. The molecule has 2 nitrogen and oxygen atoms in total. The SMILES string of the molecule is Cc1cc(C)c(C(=O)c2ncccc2Br)cc1C. The lowest BCUT2D eigenvalue weighted by Gasteiger charge is -2.09. The van der Waals surface area contributed by atoms with E-state index < -0.39 is 0 Å². The van der Waals surface area contributed by atoms with Crippen LogP contribution in [0.4, 0.5) is 0 Å². The van der Waals surface area contributed by atoms with E-state index in [-0.39, 0.29) is 5.78 Å². The molecule has 1 aromatic heterocycles. The Morgan fingerprint density at radius 2 is 1.78 bits per heavy atom. The molecule has 3 heteroatoms. The summed E-state index contributed by atoms with van der Waals surface area (Å²) in [6, 6.07) is 7.61. The summed E-state index contributed by atoms with van der Waals surface area (Å²) >= 11 is 3.37. The molecule has 2 aromatic rings. The van der Waals surface area contributed by atoms with Gasteiger partial charge in [-0.05, 0) is 71.6 Å². The molecule has 0 N–H and O–H groups in total. The molecular formula is C15H14BrNO. The fourth-order valence-corrected chi connectivity index (χ4v) is 2.32. The minimum Gasteiger partial charge on any atom is -0.287 e. The first-order valence-corrected chi connectivity index (χ1v) is 6.53. The highest BCUT2D eigenvalue weighted by Gasteiger charge is 2.16. The van der Waals surface area contributed by atoms with Gasteiger partial charge in [0, 0.05) is 16.2 Å². The molecule has 0 amide bonds. The van der Waals surface area contributed by atoms with Crippen LogP contribution in [-0.2, 0) is 0 Å². The summed E-state index contributed by atoms with van der Waals surface area (Å²) in [5.41, 5.74) is 4.49. The quantitative estimate of drug-likeness (QED) is 0.785. The first-order valence-electron chi connectivity index (χ1n) is 5.73. The van der Waals surface area contributed by atoms with E-state index >= 15 is 0 Å². The number of hydrogen-bond acceptors (Lipinski definition) is 2. The van der Waals surface area contributed by atoms with Gasteiger partial charge in [0.1, 0.15) is 5.69 Å². The van der Waals surface area contributed by atoms with Crippen molar-refractivity contribution in [3.63, 3.8) is 0 Å². The molecule has 0 fully saturated rings. The lowest BCUT2D eigenvalue weighted by Crippen LogP contribution is -2.07. The van der Waals surface area contributed by atoms with E-state index in [9.17, 15) is 4.79 Å². The number of ketones is 1. The maximum absolute atomic E-state index is 12.5. The van der Waals surface area contributed by atoms with Crippen molar-refractivity contribution in [1.29, 1.82) is 0 Å². The van der Waals surface area contributed by atoms with Crippen LogP contribution in [0.3, 0.4) is 0 Å². The zero-order valence-electron chi connectivity index (χ0n) is 10.6. The molecule has 0 radical (unpaired) electrons. The van der Waals surface area contributed by atoms with Gasteiger partial charge in [-0.2, -0.15) is 0 Å². The molecule has 92 valence electrons. The predicted molar refractivity (Wildman–Crippen MR) is 76.0 cm³/mol. The van der Waals surface area contributed by atoms with Crippen LogP contribution >= 0.6 is 15.9 Å². The van der Waals surface area contributed by atoms with Crippen LogP contribution in [0.25, 0.3) is 0 Å². The van der Waals surface area contributed by atoms with Crippen LogP contribution < -0.4 is 0 Å². The second-order valence-electron chi connectivity index (χ2n) is 4.41. The van der Waals surface area contributed by atoms with E-state index in [1.54, 1.807) is 12.3 Å². The van der Waals surface area contributed by atoms with E-state index in [1.165, 1.54) is 5.56 Å². The van der Waals surface area contributed by atoms with Crippen molar-refractivity contribution in [1.82, 2.24) is 4.98 Å². The number of halogens is 1. The Labute approximate surface area is 115 Å². The Balaban J connectivity index is 2.53. The molecule has 0 unspecified atom stereocenters. The largest absolute Gasteiger partial charge is 0.287 e. The third-order valence-electron chi connectivity index (χ3n) is 3.06. The van der Waals surface area contributed by atoms with Crippen LogP contribution in [0.5, 0.6) is 0 Å². The molecular weight excluding hydrogens is 290 g/mol. The molecule has 0 saturated carbocycles. The molecule has 0 aliphatic rings. The topological polar surface area (TPSA) is 30.0 Å². The third kappa shape index (κ3) is 2.36. The van der Waals surface area contributed by atoms with Crippen molar-refractivity contribution in [2.24, 2.45) is 0 Å². The summed E-state index contributed by atoms with van der Waals surface area (Å²) in [6.45, 7) is 6.02. The van der Waals surface area contributed by atoms with Gasteiger partial charge in [-0.15, -0.1) is 0 Å². The summed E-state index contributed by atoms with van der Waals surface area (Å²) in [6.07, 6.45) is 1.63. The normalized spacial score (nSPS) is 10.4. The molecule has 0 aliphatic heterocycles. The summed E-state index contributed by atoms with van der Waals surface area (Å²) in [4.78, 5) is 16.6. The van der Waals surface area contributed by atoms with Gasteiger partial charge >= 0.3 is 0 Å². The number of carbonyl (C=O) groups is 1. The average Bonchev–Trinajstić information content (AvgIpc) is 2.33. The minimum absolute atomic E-state index is 0.0388.